The average molecular weight is 406 g/mol. The number of imidazole rings is 1. The first-order valence-corrected chi connectivity index (χ1v) is 8.68. The maximum absolute atomic E-state index is 14.8. The molecule has 4 aromatic rings. The highest BCUT2D eigenvalue weighted by Crippen LogP contribution is 2.36. The Balaban J connectivity index is 2.06. The maximum atomic E-state index is 14.8. The lowest BCUT2D eigenvalue weighted by atomic mass is 10.0. The van der Waals surface area contributed by atoms with Crippen LogP contribution in [0.2, 0.25) is 5.02 Å². The molecule has 0 spiro atoms. The van der Waals surface area contributed by atoms with Crippen molar-refractivity contribution in [3.63, 3.8) is 0 Å². The van der Waals surface area contributed by atoms with Crippen LogP contribution in [0.4, 0.5) is 8.78 Å². The van der Waals surface area contributed by atoms with E-state index in [1.165, 1.54) is 18.1 Å². The molecule has 0 amide bonds. The van der Waals surface area contributed by atoms with E-state index in [0.29, 0.717) is 27.6 Å². The Kier molecular flexibility index (Phi) is 4.23. The van der Waals surface area contributed by atoms with Gasteiger partial charge in [-0.1, -0.05) is 11.6 Å². The summed E-state index contributed by atoms with van der Waals surface area (Å²) >= 11 is 6.02. The van der Waals surface area contributed by atoms with Crippen LogP contribution in [0.5, 0.6) is 5.75 Å². The maximum Gasteiger partial charge on any atom is 0.291 e. The van der Waals surface area contributed by atoms with Gasteiger partial charge in [0.1, 0.15) is 17.4 Å². The van der Waals surface area contributed by atoms with Crippen LogP contribution in [0.1, 0.15) is 5.69 Å². The molecule has 0 aliphatic rings. The Hall–Kier alpha value is -3.13. The Morgan fingerprint density at radius 1 is 1.14 bits per heavy atom. The Labute approximate surface area is 163 Å². The highest BCUT2D eigenvalue weighted by Gasteiger charge is 2.29. The molecule has 0 saturated carbocycles. The normalized spacial score (nSPS) is 11.4. The van der Waals surface area contributed by atoms with Gasteiger partial charge in [0.15, 0.2) is 5.52 Å². The van der Waals surface area contributed by atoms with Crippen LogP contribution in [0.3, 0.4) is 0 Å². The molecule has 144 valence electrons. The van der Waals surface area contributed by atoms with Crippen LogP contribution in [0.15, 0.2) is 36.7 Å². The van der Waals surface area contributed by atoms with E-state index in [1.54, 1.807) is 36.7 Å². The third-order valence-corrected chi connectivity index (χ3v) is 4.83. The lowest BCUT2D eigenvalue weighted by molar-refractivity contribution is -0.885. The highest BCUT2D eigenvalue weighted by molar-refractivity contribution is 6.31. The molecule has 0 atom stereocenters. The number of rotatable bonds is 3. The molecule has 0 aliphatic carbocycles. The van der Waals surface area contributed by atoms with Gasteiger partial charge in [0.2, 0.25) is 11.3 Å². The predicted octanol–water partition coefficient (Wildman–Crippen LogP) is 3.80. The monoisotopic (exact) mass is 405 g/mol. The van der Waals surface area contributed by atoms with Gasteiger partial charge in [0.05, 0.1) is 23.9 Å². The lowest BCUT2D eigenvalue weighted by Gasteiger charge is -2.09. The van der Waals surface area contributed by atoms with Crippen LogP contribution in [0.25, 0.3) is 28.0 Å². The molecule has 2 aromatic carbocycles. The van der Waals surface area contributed by atoms with Crippen molar-refractivity contribution in [2.75, 3.05) is 7.11 Å². The number of fused-ring (bicyclic) bond motifs is 1. The van der Waals surface area contributed by atoms with E-state index in [4.69, 9.17) is 16.3 Å². The van der Waals surface area contributed by atoms with E-state index in [2.05, 4.69) is 5.10 Å². The zero-order valence-electron chi connectivity index (χ0n) is 15.2. The van der Waals surface area contributed by atoms with Crippen LogP contribution >= 0.6 is 11.6 Å². The van der Waals surface area contributed by atoms with E-state index in [9.17, 15) is 14.0 Å². The summed E-state index contributed by atoms with van der Waals surface area (Å²) in [7, 11) is 3.00. The van der Waals surface area contributed by atoms with Gasteiger partial charge in [-0.25, -0.2) is 13.5 Å². The van der Waals surface area contributed by atoms with Crippen molar-refractivity contribution >= 4 is 22.6 Å². The fourth-order valence-corrected chi connectivity index (χ4v) is 3.57. The van der Waals surface area contributed by atoms with Gasteiger partial charge in [-0.05, 0) is 23.8 Å². The Morgan fingerprint density at radius 3 is 2.46 bits per heavy atom. The number of benzene rings is 2. The number of hydrogen-bond acceptors (Lipinski definition) is 3. The molecule has 0 saturated heterocycles. The largest absolute Gasteiger partial charge is 0.497 e. The molecular formula is C19H16ClF2N4O2+. The van der Waals surface area contributed by atoms with Gasteiger partial charge in [0.25, 0.3) is 6.33 Å². The summed E-state index contributed by atoms with van der Waals surface area (Å²) in [6.45, 7) is 1.66. The number of aromatic nitrogens is 4. The third kappa shape index (κ3) is 2.68. The molecule has 28 heavy (non-hydrogen) atoms. The lowest BCUT2D eigenvalue weighted by Crippen LogP contribution is -2.27. The van der Waals surface area contributed by atoms with Crippen molar-refractivity contribution in [3.8, 4) is 22.7 Å². The molecule has 2 heterocycles. The molecule has 1 N–H and O–H groups in total. The van der Waals surface area contributed by atoms with Crippen molar-refractivity contribution < 1.29 is 23.5 Å². The quantitative estimate of drug-likeness (QED) is 0.416. The molecule has 0 bridgehead atoms. The Morgan fingerprint density at radius 2 is 1.82 bits per heavy atom. The van der Waals surface area contributed by atoms with Crippen molar-refractivity contribution in [2.45, 2.75) is 6.92 Å². The third-order valence-electron chi connectivity index (χ3n) is 4.59. The minimum Gasteiger partial charge on any atom is -0.497 e. The van der Waals surface area contributed by atoms with Crippen LogP contribution in [-0.4, -0.2) is 26.7 Å². The Bertz CT molecular complexity index is 1210. The van der Waals surface area contributed by atoms with E-state index < -0.39 is 11.6 Å². The summed E-state index contributed by atoms with van der Waals surface area (Å²) in [6, 6.07) is 7.20. The molecule has 6 nitrogen and oxygen atoms in total. The predicted molar refractivity (Wildman–Crippen MR) is 99.1 cm³/mol. The summed E-state index contributed by atoms with van der Waals surface area (Å²) in [4.78, 5) is 0. The topological polar surface area (TPSA) is 56.1 Å². The smallest absolute Gasteiger partial charge is 0.291 e. The highest BCUT2D eigenvalue weighted by atomic mass is 35.5. The first kappa shape index (κ1) is 18.2. The van der Waals surface area contributed by atoms with Gasteiger partial charge in [-0.2, -0.15) is 9.67 Å². The SMILES string of the molecule is COc1cc(F)c(-c2c(C)nn(C)c2-n2c[n+](O)c3cc(Cl)ccc32)c(F)c1. The number of hydrogen-bond donors (Lipinski definition) is 1. The second-order valence-corrected chi connectivity index (χ2v) is 6.77. The van der Waals surface area contributed by atoms with E-state index in [0.717, 1.165) is 16.9 Å². The molecule has 0 unspecified atom stereocenters. The van der Waals surface area contributed by atoms with Gasteiger partial charge >= 0.3 is 0 Å². The van der Waals surface area contributed by atoms with Crippen LogP contribution < -0.4 is 9.47 Å². The van der Waals surface area contributed by atoms with Crippen molar-refractivity contribution in [2.24, 2.45) is 7.05 Å². The second kappa shape index (κ2) is 6.49. The molecule has 0 fully saturated rings. The van der Waals surface area contributed by atoms with Gasteiger partial charge < -0.3 is 9.94 Å². The fraction of sp³-hybridized carbons (Fsp3) is 0.158. The van der Waals surface area contributed by atoms with Crippen molar-refractivity contribution in [1.82, 2.24) is 14.3 Å². The van der Waals surface area contributed by atoms with Crippen molar-refractivity contribution in [1.29, 1.82) is 0 Å². The second-order valence-electron chi connectivity index (χ2n) is 6.34. The number of ether oxygens (including phenoxy) is 1. The van der Waals surface area contributed by atoms with Crippen LogP contribution in [-0.2, 0) is 7.05 Å². The van der Waals surface area contributed by atoms with Gasteiger partial charge in [-0.15, -0.1) is 0 Å². The van der Waals surface area contributed by atoms with E-state index in [-0.39, 0.29) is 16.9 Å². The number of methoxy groups -OCH3 is 1. The number of nitrogens with zero attached hydrogens (tertiary/aromatic N) is 4. The van der Waals surface area contributed by atoms with Crippen LogP contribution in [0, 0.1) is 18.6 Å². The standard InChI is InChI=1S/C19H16ClF2N4O2/c1-10-17(18-13(21)7-12(28-3)8-14(18)22)19(24(2)23-10)25-9-26(27)16-6-11(20)4-5-15(16)25/h4-9,27H,1-3H3/q+1. The molecule has 0 radical (unpaired) electrons. The first-order valence-electron chi connectivity index (χ1n) is 8.30. The van der Waals surface area contributed by atoms with Gasteiger partial charge in [-0.3, -0.25) is 0 Å². The number of aryl methyl sites for hydroxylation is 2. The zero-order valence-corrected chi connectivity index (χ0v) is 16.0. The van der Waals surface area contributed by atoms with E-state index in [1.807, 2.05) is 0 Å². The average Bonchev–Trinajstić information content (AvgIpc) is 3.10. The van der Waals surface area contributed by atoms with Gasteiger partial charge in [0, 0.05) is 30.3 Å². The summed E-state index contributed by atoms with van der Waals surface area (Å²) in [5.41, 5.74) is 1.51. The zero-order chi connectivity index (χ0) is 20.2. The molecule has 2 aromatic heterocycles. The minimum atomic E-state index is -0.773. The summed E-state index contributed by atoms with van der Waals surface area (Å²) in [6.07, 6.45) is 1.39. The van der Waals surface area contributed by atoms with E-state index >= 15 is 0 Å². The summed E-state index contributed by atoms with van der Waals surface area (Å²) in [5.74, 6) is -1.08. The minimum absolute atomic E-state index is 0.0797. The molecule has 0 aliphatic heterocycles. The summed E-state index contributed by atoms with van der Waals surface area (Å²) in [5, 5.41) is 15.0. The molecule has 4 rings (SSSR count). The first-order chi connectivity index (χ1) is 13.3. The fourth-order valence-electron chi connectivity index (χ4n) is 3.41. The number of halogens is 3. The molecular weight excluding hydrogens is 390 g/mol. The molecule has 9 heteroatoms. The summed E-state index contributed by atoms with van der Waals surface area (Å²) < 4.78 is 38.5. The van der Waals surface area contributed by atoms with Crippen molar-refractivity contribution in [3.05, 3.63) is 59.0 Å².